The SMILES string of the molecule is c1ccc(-c2ccc3c(c2)-c2cc(-c4ccccc4)ccc2C3c2ccccc2-c2nc3ccccc3nc2-c2ccccc2C2c3ccc(-c4ccccc4)cc3-c3cc(-c4ccccc4)ccc32)cc1. The summed E-state index contributed by atoms with van der Waals surface area (Å²) in [6, 6.07) is 97.4. The lowest BCUT2D eigenvalue weighted by Gasteiger charge is -2.23. The summed E-state index contributed by atoms with van der Waals surface area (Å²) in [5.74, 6) is -0.0770. The van der Waals surface area contributed by atoms with Gasteiger partial charge in [0.1, 0.15) is 0 Å². The van der Waals surface area contributed by atoms with Gasteiger partial charge in [0.2, 0.25) is 0 Å². The van der Waals surface area contributed by atoms with Crippen molar-refractivity contribution < 1.29 is 0 Å². The molecule has 0 N–H and O–H groups in total. The lowest BCUT2D eigenvalue weighted by Crippen LogP contribution is -2.06. The molecule has 336 valence electrons. The molecular weight excluding hydrogens is 869 g/mol. The Bertz CT molecular complexity index is 3590. The second kappa shape index (κ2) is 17.3. The number of fused-ring (bicyclic) bond motifs is 7. The lowest BCUT2D eigenvalue weighted by atomic mass is 9.82. The Morgan fingerprint density at radius 2 is 0.444 bits per heavy atom. The average molecular weight is 915 g/mol. The van der Waals surface area contributed by atoms with Crippen molar-refractivity contribution in [2.45, 2.75) is 11.8 Å². The molecule has 0 unspecified atom stereocenters. The smallest absolute Gasteiger partial charge is 0.0976 e. The van der Waals surface area contributed by atoms with Crippen molar-refractivity contribution in [2.24, 2.45) is 0 Å². The second-order valence-electron chi connectivity index (χ2n) is 19.1. The third-order valence-corrected chi connectivity index (χ3v) is 15.1. The van der Waals surface area contributed by atoms with Gasteiger partial charge < -0.3 is 0 Å². The first-order chi connectivity index (χ1) is 35.7. The summed E-state index contributed by atoms with van der Waals surface area (Å²) in [4.78, 5) is 11.3. The van der Waals surface area contributed by atoms with Gasteiger partial charge in [0.15, 0.2) is 0 Å². The molecule has 0 saturated carbocycles. The van der Waals surface area contributed by atoms with E-state index in [4.69, 9.17) is 9.97 Å². The predicted octanol–water partition coefficient (Wildman–Crippen LogP) is 18.0. The monoisotopic (exact) mass is 914 g/mol. The maximum atomic E-state index is 5.66. The van der Waals surface area contributed by atoms with E-state index in [1.54, 1.807) is 0 Å². The maximum absolute atomic E-state index is 5.66. The highest BCUT2D eigenvalue weighted by Crippen LogP contribution is 2.55. The Morgan fingerprint density at radius 3 is 0.750 bits per heavy atom. The minimum atomic E-state index is -0.0385. The summed E-state index contributed by atoms with van der Waals surface area (Å²) >= 11 is 0. The maximum Gasteiger partial charge on any atom is 0.0976 e. The first kappa shape index (κ1) is 41.7. The molecule has 12 aromatic rings. The molecule has 0 spiro atoms. The van der Waals surface area contributed by atoms with Crippen LogP contribution in [0, 0.1) is 0 Å². The van der Waals surface area contributed by atoms with Crippen molar-refractivity contribution in [1.82, 2.24) is 9.97 Å². The predicted molar refractivity (Wildman–Crippen MR) is 298 cm³/mol. The van der Waals surface area contributed by atoms with Gasteiger partial charge in [-0.2, -0.15) is 0 Å². The summed E-state index contributed by atoms with van der Waals surface area (Å²) in [6.45, 7) is 0. The van der Waals surface area contributed by atoms with Crippen LogP contribution in [0.25, 0.3) is 100 Å². The molecule has 1 heterocycles. The molecule has 1 aromatic heterocycles. The van der Waals surface area contributed by atoms with Gasteiger partial charge in [-0.1, -0.05) is 231 Å². The molecule has 0 amide bonds. The number of para-hydroxylation sites is 2. The van der Waals surface area contributed by atoms with Crippen molar-refractivity contribution in [3.05, 3.63) is 300 Å². The van der Waals surface area contributed by atoms with Gasteiger partial charge in [0, 0.05) is 23.0 Å². The van der Waals surface area contributed by atoms with Crippen LogP contribution in [-0.4, -0.2) is 9.97 Å². The number of benzene rings is 11. The van der Waals surface area contributed by atoms with Gasteiger partial charge in [-0.05, 0) is 137 Å². The Morgan fingerprint density at radius 1 is 0.194 bits per heavy atom. The van der Waals surface area contributed by atoms with Crippen molar-refractivity contribution in [1.29, 1.82) is 0 Å². The Hall–Kier alpha value is -9.24. The molecule has 72 heavy (non-hydrogen) atoms. The normalized spacial score (nSPS) is 12.6. The number of aromatic nitrogens is 2. The van der Waals surface area contributed by atoms with Crippen LogP contribution < -0.4 is 0 Å². The van der Waals surface area contributed by atoms with Gasteiger partial charge >= 0.3 is 0 Å². The standard InChI is InChI=1S/C70H46N2/c1-5-19-45(20-6-1)49-33-37-55-61(41-49)62-42-50(46-21-7-2-8-22-46)34-38-56(62)67(55)53-27-13-15-29-59(53)69-70(72-66-32-18-17-31-65(66)71-69)60-30-16-14-28-54(60)68-57-39-35-51(47-23-9-3-10-24-47)43-63(57)64-44-52(36-40-58(64)68)48-25-11-4-12-26-48/h1-44,67-68H. The van der Waals surface area contributed by atoms with Crippen molar-refractivity contribution in [3.63, 3.8) is 0 Å². The van der Waals surface area contributed by atoms with E-state index in [-0.39, 0.29) is 11.8 Å². The molecule has 0 bridgehead atoms. The molecule has 2 nitrogen and oxygen atoms in total. The van der Waals surface area contributed by atoms with Crippen LogP contribution in [0.3, 0.4) is 0 Å². The van der Waals surface area contributed by atoms with Crippen molar-refractivity contribution in [2.75, 3.05) is 0 Å². The first-order valence-corrected chi connectivity index (χ1v) is 25.0. The van der Waals surface area contributed by atoms with E-state index < -0.39 is 0 Å². The van der Waals surface area contributed by atoms with Gasteiger partial charge in [-0.3, -0.25) is 0 Å². The van der Waals surface area contributed by atoms with Crippen LogP contribution in [0.4, 0.5) is 0 Å². The third-order valence-electron chi connectivity index (χ3n) is 15.1. The van der Waals surface area contributed by atoms with Crippen LogP contribution in [-0.2, 0) is 0 Å². The number of hydrogen-bond donors (Lipinski definition) is 0. The number of hydrogen-bond acceptors (Lipinski definition) is 2. The van der Waals surface area contributed by atoms with Gasteiger partial charge in [0.05, 0.1) is 22.4 Å². The molecule has 0 saturated heterocycles. The van der Waals surface area contributed by atoms with Crippen LogP contribution in [0.15, 0.2) is 267 Å². The van der Waals surface area contributed by atoms with E-state index in [1.165, 1.54) is 100 Å². The molecule has 2 aliphatic carbocycles. The van der Waals surface area contributed by atoms with Crippen LogP contribution in [0.2, 0.25) is 0 Å². The van der Waals surface area contributed by atoms with Crippen LogP contribution in [0.1, 0.15) is 45.2 Å². The van der Waals surface area contributed by atoms with Gasteiger partial charge in [-0.25, -0.2) is 9.97 Å². The zero-order valence-electron chi connectivity index (χ0n) is 39.5. The summed E-state index contributed by atoms with van der Waals surface area (Å²) in [6.07, 6.45) is 0. The van der Waals surface area contributed by atoms with Crippen LogP contribution >= 0.6 is 0 Å². The highest BCUT2D eigenvalue weighted by molar-refractivity contribution is 5.94. The summed E-state index contributed by atoms with van der Waals surface area (Å²) < 4.78 is 0. The number of rotatable bonds is 8. The van der Waals surface area contributed by atoms with Crippen LogP contribution in [0.5, 0.6) is 0 Å². The van der Waals surface area contributed by atoms with E-state index in [0.29, 0.717) is 0 Å². The van der Waals surface area contributed by atoms with E-state index in [9.17, 15) is 0 Å². The fraction of sp³-hybridized carbons (Fsp3) is 0.0286. The Labute approximate surface area is 420 Å². The molecule has 11 aromatic carbocycles. The van der Waals surface area contributed by atoms with Gasteiger partial charge in [-0.15, -0.1) is 0 Å². The second-order valence-corrected chi connectivity index (χ2v) is 19.1. The zero-order valence-corrected chi connectivity index (χ0v) is 39.5. The average Bonchev–Trinajstić information content (AvgIpc) is 3.97. The minimum absolute atomic E-state index is 0.0385. The fourth-order valence-electron chi connectivity index (χ4n) is 11.7. The minimum Gasteiger partial charge on any atom is -0.244 e. The molecule has 2 heteroatoms. The van der Waals surface area contributed by atoms with Crippen molar-refractivity contribution >= 4 is 11.0 Å². The van der Waals surface area contributed by atoms with E-state index in [1.807, 2.05) is 0 Å². The number of nitrogens with zero attached hydrogens (tertiary/aromatic N) is 2. The largest absolute Gasteiger partial charge is 0.244 e. The Kier molecular flexibility index (Phi) is 10.0. The molecule has 14 rings (SSSR count). The molecular formula is C70H46N2. The zero-order chi connectivity index (χ0) is 47.5. The summed E-state index contributed by atoms with van der Waals surface area (Å²) in [5.41, 5.74) is 28.0. The third kappa shape index (κ3) is 7.02. The topological polar surface area (TPSA) is 25.8 Å². The highest BCUT2D eigenvalue weighted by Gasteiger charge is 2.36. The van der Waals surface area contributed by atoms with Crippen molar-refractivity contribution in [3.8, 4) is 89.3 Å². The first-order valence-electron chi connectivity index (χ1n) is 25.0. The van der Waals surface area contributed by atoms with E-state index in [2.05, 4.69) is 267 Å². The quantitative estimate of drug-likeness (QED) is 0.152. The summed E-state index contributed by atoms with van der Waals surface area (Å²) in [7, 11) is 0. The fourth-order valence-corrected chi connectivity index (χ4v) is 11.7. The molecule has 0 atom stereocenters. The van der Waals surface area contributed by atoms with Gasteiger partial charge in [0.25, 0.3) is 0 Å². The lowest BCUT2D eigenvalue weighted by molar-refractivity contribution is 1.01. The Balaban J connectivity index is 0.966. The highest BCUT2D eigenvalue weighted by atomic mass is 14.8. The molecule has 2 aliphatic rings. The summed E-state index contributed by atoms with van der Waals surface area (Å²) in [5, 5.41) is 0. The molecule has 0 radical (unpaired) electrons. The van der Waals surface area contributed by atoms with E-state index >= 15 is 0 Å². The molecule has 0 fully saturated rings. The van der Waals surface area contributed by atoms with E-state index in [0.717, 1.165) is 33.5 Å². The molecule has 0 aliphatic heterocycles.